The van der Waals surface area contributed by atoms with Gasteiger partial charge in [-0.1, -0.05) is 41.9 Å². The summed E-state index contributed by atoms with van der Waals surface area (Å²) in [5.74, 6) is -0.637. The lowest BCUT2D eigenvalue weighted by molar-refractivity contribution is 0.0961. The number of anilines is 1. The molecule has 0 spiro atoms. The largest absolute Gasteiger partial charge is 0.355 e. The normalized spacial score (nSPS) is 10.3. The van der Waals surface area contributed by atoms with Crippen LogP contribution in [-0.2, 0) is 0 Å². The van der Waals surface area contributed by atoms with Crippen molar-refractivity contribution < 1.29 is 9.59 Å². The van der Waals surface area contributed by atoms with Gasteiger partial charge in [-0.15, -0.1) is 11.3 Å². The molecule has 3 rings (SSSR count). The fourth-order valence-electron chi connectivity index (χ4n) is 2.18. The molecule has 25 heavy (non-hydrogen) atoms. The molecule has 0 aliphatic heterocycles. The van der Waals surface area contributed by atoms with Crippen LogP contribution in [0.25, 0.3) is 10.6 Å². The monoisotopic (exact) mass is 371 g/mol. The zero-order valence-electron chi connectivity index (χ0n) is 13.2. The Morgan fingerprint density at radius 2 is 1.84 bits per heavy atom. The zero-order chi connectivity index (χ0) is 17.8. The Bertz CT molecular complexity index is 925. The predicted octanol–water partition coefficient (Wildman–Crippen LogP) is 4.08. The molecule has 2 amide bonds. The van der Waals surface area contributed by atoms with Gasteiger partial charge in [0.2, 0.25) is 0 Å². The predicted molar refractivity (Wildman–Crippen MR) is 100 cm³/mol. The van der Waals surface area contributed by atoms with Gasteiger partial charge in [0.05, 0.1) is 10.7 Å². The van der Waals surface area contributed by atoms with E-state index >= 15 is 0 Å². The molecule has 0 radical (unpaired) electrons. The molecule has 0 atom stereocenters. The van der Waals surface area contributed by atoms with E-state index in [1.807, 2.05) is 30.3 Å². The summed E-state index contributed by atoms with van der Waals surface area (Å²) in [5.41, 5.74) is 2.02. The maximum absolute atomic E-state index is 12.4. The number of benzene rings is 2. The number of carbonyl (C=O) groups is 2. The van der Waals surface area contributed by atoms with Crippen molar-refractivity contribution >= 4 is 40.4 Å². The third-order valence-electron chi connectivity index (χ3n) is 3.46. The molecule has 3 aromatic rings. The Kier molecular flexibility index (Phi) is 5.11. The molecule has 0 saturated carbocycles. The van der Waals surface area contributed by atoms with Crippen molar-refractivity contribution in [1.82, 2.24) is 10.3 Å². The number of aromatic nitrogens is 1. The van der Waals surface area contributed by atoms with Crippen LogP contribution in [0, 0.1) is 0 Å². The summed E-state index contributed by atoms with van der Waals surface area (Å²) in [6.07, 6.45) is 0. The van der Waals surface area contributed by atoms with Crippen molar-refractivity contribution in [1.29, 1.82) is 0 Å². The Morgan fingerprint density at radius 1 is 1.08 bits per heavy atom. The number of nitrogens with zero attached hydrogens (tertiary/aromatic N) is 1. The summed E-state index contributed by atoms with van der Waals surface area (Å²) in [6.45, 7) is 0. The molecule has 0 bridgehead atoms. The first-order chi connectivity index (χ1) is 12.1. The van der Waals surface area contributed by atoms with Crippen LogP contribution in [0.3, 0.4) is 0 Å². The lowest BCUT2D eigenvalue weighted by Gasteiger charge is -2.08. The van der Waals surface area contributed by atoms with Gasteiger partial charge in [0.25, 0.3) is 11.8 Å². The third-order valence-corrected chi connectivity index (χ3v) is 4.68. The summed E-state index contributed by atoms with van der Waals surface area (Å²) in [5, 5.41) is 8.03. The number of hydrogen-bond acceptors (Lipinski definition) is 4. The van der Waals surface area contributed by atoms with E-state index in [9.17, 15) is 9.59 Å². The van der Waals surface area contributed by atoms with Crippen molar-refractivity contribution in [3.63, 3.8) is 0 Å². The van der Waals surface area contributed by atoms with E-state index in [0.29, 0.717) is 22.0 Å². The Hall–Kier alpha value is -2.70. The second-order valence-corrected chi connectivity index (χ2v) is 6.40. The fourth-order valence-corrected chi connectivity index (χ4v) is 3.16. The minimum atomic E-state index is -0.380. The second-order valence-electron chi connectivity index (χ2n) is 5.13. The van der Waals surface area contributed by atoms with Gasteiger partial charge in [0.15, 0.2) is 0 Å². The summed E-state index contributed by atoms with van der Waals surface area (Å²) in [4.78, 5) is 28.5. The van der Waals surface area contributed by atoms with E-state index in [1.165, 1.54) is 24.5 Å². The van der Waals surface area contributed by atoms with Gasteiger partial charge in [0, 0.05) is 23.6 Å². The fraction of sp³-hybridized carbons (Fsp3) is 0.0556. The average molecular weight is 372 g/mol. The number of amides is 2. The molecule has 2 N–H and O–H groups in total. The Morgan fingerprint density at radius 3 is 2.56 bits per heavy atom. The van der Waals surface area contributed by atoms with E-state index < -0.39 is 0 Å². The minimum absolute atomic E-state index is 0.257. The van der Waals surface area contributed by atoms with Gasteiger partial charge in [-0.2, -0.15) is 0 Å². The van der Waals surface area contributed by atoms with Crippen LogP contribution in [0.1, 0.15) is 20.8 Å². The lowest BCUT2D eigenvalue weighted by Crippen LogP contribution is -2.18. The van der Waals surface area contributed by atoms with E-state index in [1.54, 1.807) is 17.5 Å². The Balaban J connectivity index is 1.81. The summed E-state index contributed by atoms with van der Waals surface area (Å²) in [7, 11) is 1.54. The summed E-state index contributed by atoms with van der Waals surface area (Å²) < 4.78 is 0. The molecule has 0 aliphatic carbocycles. The molecule has 7 heteroatoms. The van der Waals surface area contributed by atoms with Gasteiger partial charge >= 0.3 is 0 Å². The maximum Gasteiger partial charge on any atom is 0.275 e. The molecular formula is C18H14ClN3O2S. The van der Waals surface area contributed by atoms with Gasteiger partial charge in [-0.25, -0.2) is 4.98 Å². The van der Waals surface area contributed by atoms with Crippen LogP contribution in [0.5, 0.6) is 0 Å². The van der Waals surface area contributed by atoms with Crippen LogP contribution in [0.15, 0.2) is 53.9 Å². The summed E-state index contributed by atoms with van der Waals surface area (Å²) >= 11 is 7.50. The van der Waals surface area contributed by atoms with E-state index in [-0.39, 0.29) is 11.8 Å². The van der Waals surface area contributed by atoms with E-state index in [4.69, 9.17) is 11.6 Å². The molecule has 5 nitrogen and oxygen atoms in total. The van der Waals surface area contributed by atoms with Crippen molar-refractivity contribution in [2.45, 2.75) is 0 Å². The van der Waals surface area contributed by atoms with E-state index in [0.717, 1.165) is 10.6 Å². The first kappa shape index (κ1) is 17.1. The molecule has 0 aliphatic rings. The van der Waals surface area contributed by atoms with Gasteiger partial charge in [0.1, 0.15) is 10.7 Å². The lowest BCUT2D eigenvalue weighted by atomic mass is 10.2. The number of rotatable bonds is 4. The van der Waals surface area contributed by atoms with Crippen LogP contribution < -0.4 is 10.6 Å². The summed E-state index contributed by atoms with van der Waals surface area (Å²) in [6, 6.07) is 14.3. The first-order valence-corrected chi connectivity index (χ1v) is 8.68. The van der Waals surface area contributed by atoms with Crippen molar-refractivity contribution in [2.24, 2.45) is 0 Å². The highest BCUT2D eigenvalue weighted by Crippen LogP contribution is 2.26. The van der Waals surface area contributed by atoms with Gasteiger partial charge in [-0.3, -0.25) is 9.59 Å². The van der Waals surface area contributed by atoms with Crippen molar-refractivity contribution in [3.8, 4) is 10.6 Å². The SMILES string of the molecule is CNC(=O)c1ccc(Cl)c(NC(=O)c2csc(-c3ccccc3)n2)c1. The minimum Gasteiger partial charge on any atom is -0.355 e. The molecule has 2 aromatic carbocycles. The first-order valence-electron chi connectivity index (χ1n) is 7.42. The molecular weight excluding hydrogens is 358 g/mol. The number of hydrogen-bond donors (Lipinski definition) is 2. The highest BCUT2D eigenvalue weighted by Gasteiger charge is 2.15. The molecule has 0 fully saturated rings. The average Bonchev–Trinajstić information content (AvgIpc) is 3.14. The topological polar surface area (TPSA) is 71.1 Å². The number of thiazole rings is 1. The molecule has 1 heterocycles. The van der Waals surface area contributed by atoms with Gasteiger partial charge < -0.3 is 10.6 Å². The molecule has 1 aromatic heterocycles. The smallest absolute Gasteiger partial charge is 0.275 e. The number of nitrogens with one attached hydrogen (secondary N) is 2. The number of carbonyl (C=O) groups excluding carboxylic acids is 2. The molecule has 126 valence electrons. The highest BCUT2D eigenvalue weighted by molar-refractivity contribution is 7.13. The van der Waals surface area contributed by atoms with Gasteiger partial charge in [-0.05, 0) is 18.2 Å². The van der Waals surface area contributed by atoms with Crippen LogP contribution >= 0.6 is 22.9 Å². The highest BCUT2D eigenvalue weighted by atomic mass is 35.5. The van der Waals surface area contributed by atoms with E-state index in [2.05, 4.69) is 15.6 Å². The van der Waals surface area contributed by atoms with Crippen molar-refractivity contribution in [3.05, 3.63) is 70.2 Å². The van der Waals surface area contributed by atoms with Crippen LogP contribution in [0.4, 0.5) is 5.69 Å². The third kappa shape index (κ3) is 3.87. The standard InChI is InChI=1S/C18H14ClN3O2S/c1-20-16(23)12-7-8-13(19)14(9-12)21-17(24)15-10-25-18(22-15)11-5-3-2-4-6-11/h2-10H,1H3,(H,20,23)(H,21,24). The molecule has 0 unspecified atom stereocenters. The Labute approximate surface area is 153 Å². The quantitative estimate of drug-likeness (QED) is 0.726. The van der Waals surface area contributed by atoms with Crippen LogP contribution in [0.2, 0.25) is 5.02 Å². The van der Waals surface area contributed by atoms with Crippen LogP contribution in [-0.4, -0.2) is 23.8 Å². The second kappa shape index (κ2) is 7.46. The van der Waals surface area contributed by atoms with Crippen molar-refractivity contribution in [2.75, 3.05) is 12.4 Å². The zero-order valence-corrected chi connectivity index (χ0v) is 14.8. The molecule has 0 saturated heterocycles. The number of halogens is 1. The maximum atomic E-state index is 12.4.